The molecule has 1 heterocycles. The van der Waals surface area contributed by atoms with Crippen LogP contribution in [0.15, 0.2) is 28.6 Å². The first-order valence-corrected chi connectivity index (χ1v) is 9.94. The highest BCUT2D eigenvalue weighted by Crippen LogP contribution is 2.33. The molecule has 1 aliphatic carbocycles. The van der Waals surface area contributed by atoms with E-state index in [2.05, 4.69) is 36.3 Å². The number of hydrogen-bond acceptors (Lipinski definition) is 6. The van der Waals surface area contributed by atoms with Crippen molar-refractivity contribution in [3.63, 3.8) is 0 Å². The molecule has 0 bridgehead atoms. The van der Waals surface area contributed by atoms with E-state index in [-0.39, 0.29) is 16.4 Å². The number of anilines is 1. The van der Waals surface area contributed by atoms with Crippen molar-refractivity contribution in [2.24, 2.45) is 0 Å². The van der Waals surface area contributed by atoms with Crippen molar-refractivity contribution in [3.8, 4) is 0 Å². The van der Waals surface area contributed by atoms with Crippen LogP contribution in [0.3, 0.4) is 0 Å². The van der Waals surface area contributed by atoms with E-state index in [1.165, 1.54) is 41.5 Å². The number of thioether (sulfide) groups is 1. The molecule has 0 radical (unpaired) electrons. The maximum atomic E-state index is 12.6. The summed E-state index contributed by atoms with van der Waals surface area (Å²) in [6.07, 6.45) is 2.42. The van der Waals surface area contributed by atoms with E-state index in [1.54, 1.807) is 0 Å². The fourth-order valence-electron chi connectivity index (χ4n) is 2.29. The minimum atomic E-state index is -0.174. The standard InChI is InChI=1S/C18H23N3OS2/c1-11(23-17-21-20-16(24-17)19-14-9-10-14)15(22)12-5-7-13(8-6-12)18(2,3)4/h5-8,11,14H,9-10H2,1-4H3,(H,19,20)/t11-/m1/s1. The highest BCUT2D eigenvalue weighted by molar-refractivity contribution is 8.02. The number of hydrogen-bond donors (Lipinski definition) is 1. The number of aromatic nitrogens is 2. The number of nitrogens with one attached hydrogen (secondary N) is 1. The van der Waals surface area contributed by atoms with E-state index < -0.39 is 0 Å². The first kappa shape index (κ1) is 17.4. The smallest absolute Gasteiger partial charge is 0.206 e. The fourth-order valence-corrected chi connectivity index (χ4v) is 4.34. The third kappa shape index (κ3) is 4.36. The lowest BCUT2D eigenvalue weighted by Crippen LogP contribution is -2.15. The maximum Gasteiger partial charge on any atom is 0.206 e. The second kappa shape index (κ2) is 6.84. The van der Waals surface area contributed by atoms with Crippen molar-refractivity contribution in [2.45, 2.75) is 61.6 Å². The summed E-state index contributed by atoms with van der Waals surface area (Å²) in [5.41, 5.74) is 2.09. The van der Waals surface area contributed by atoms with E-state index in [4.69, 9.17) is 0 Å². The molecule has 1 aromatic heterocycles. The molecule has 1 saturated carbocycles. The second-order valence-electron chi connectivity index (χ2n) is 7.24. The van der Waals surface area contributed by atoms with Crippen LogP contribution in [0, 0.1) is 0 Å². The van der Waals surface area contributed by atoms with Gasteiger partial charge in [-0.1, -0.05) is 68.1 Å². The summed E-state index contributed by atoms with van der Waals surface area (Å²) in [5.74, 6) is 0.132. The van der Waals surface area contributed by atoms with Gasteiger partial charge in [0.15, 0.2) is 10.1 Å². The van der Waals surface area contributed by atoms with Crippen LogP contribution in [-0.2, 0) is 5.41 Å². The van der Waals surface area contributed by atoms with Crippen LogP contribution in [0.2, 0.25) is 0 Å². The van der Waals surface area contributed by atoms with E-state index in [1.807, 2.05) is 31.2 Å². The SMILES string of the molecule is C[C@@H](Sc1nnc(NC2CC2)s1)C(=O)c1ccc(C(C)(C)C)cc1. The van der Waals surface area contributed by atoms with Gasteiger partial charge in [0.25, 0.3) is 0 Å². The Balaban J connectivity index is 1.62. The number of rotatable bonds is 6. The van der Waals surface area contributed by atoms with Crippen molar-refractivity contribution in [3.05, 3.63) is 35.4 Å². The Kier molecular flexibility index (Phi) is 4.97. The molecule has 0 amide bonds. The molecular formula is C18H23N3OS2. The van der Waals surface area contributed by atoms with Crippen molar-refractivity contribution in [1.82, 2.24) is 10.2 Å². The largest absolute Gasteiger partial charge is 0.357 e. The Morgan fingerprint density at radius 3 is 2.50 bits per heavy atom. The summed E-state index contributed by atoms with van der Waals surface area (Å²) in [4.78, 5) is 12.6. The van der Waals surface area contributed by atoms with Crippen molar-refractivity contribution < 1.29 is 4.79 Å². The fraction of sp³-hybridized carbons (Fsp3) is 0.500. The molecule has 1 aromatic carbocycles. The molecule has 1 atom stereocenters. The van der Waals surface area contributed by atoms with Gasteiger partial charge >= 0.3 is 0 Å². The summed E-state index contributed by atoms with van der Waals surface area (Å²) in [6.45, 7) is 8.45. The predicted octanol–water partition coefficient (Wildman–Crippen LogP) is 4.77. The van der Waals surface area contributed by atoms with Crippen LogP contribution >= 0.6 is 23.1 Å². The number of Topliss-reactive ketones (excluding diaryl/α,β-unsaturated/α-hetero) is 1. The topological polar surface area (TPSA) is 54.9 Å². The molecule has 0 saturated heterocycles. The predicted molar refractivity (Wildman–Crippen MR) is 101 cm³/mol. The van der Waals surface area contributed by atoms with Crippen LogP contribution in [0.25, 0.3) is 0 Å². The van der Waals surface area contributed by atoms with Crippen LogP contribution < -0.4 is 5.32 Å². The van der Waals surface area contributed by atoms with E-state index in [0.29, 0.717) is 6.04 Å². The minimum Gasteiger partial charge on any atom is -0.357 e. The molecule has 1 N–H and O–H groups in total. The van der Waals surface area contributed by atoms with Gasteiger partial charge in [-0.15, -0.1) is 10.2 Å². The summed E-state index contributed by atoms with van der Waals surface area (Å²) in [6, 6.07) is 8.53. The zero-order valence-electron chi connectivity index (χ0n) is 14.5. The van der Waals surface area contributed by atoms with Gasteiger partial charge in [-0.05, 0) is 30.7 Å². The second-order valence-corrected chi connectivity index (χ2v) is 9.81. The summed E-state index contributed by atoms with van der Waals surface area (Å²) in [7, 11) is 0. The molecule has 1 fully saturated rings. The molecule has 0 spiro atoms. The highest BCUT2D eigenvalue weighted by atomic mass is 32.2. The van der Waals surface area contributed by atoms with Gasteiger partial charge in [0.05, 0.1) is 5.25 Å². The molecule has 0 aliphatic heterocycles. The maximum absolute atomic E-state index is 12.6. The van der Waals surface area contributed by atoms with Crippen molar-refractivity contribution in [2.75, 3.05) is 5.32 Å². The monoisotopic (exact) mass is 361 g/mol. The van der Waals surface area contributed by atoms with Gasteiger partial charge in [-0.25, -0.2) is 0 Å². The molecule has 6 heteroatoms. The lowest BCUT2D eigenvalue weighted by atomic mass is 9.86. The van der Waals surface area contributed by atoms with Gasteiger partial charge in [-0.2, -0.15) is 0 Å². The zero-order valence-corrected chi connectivity index (χ0v) is 16.1. The molecule has 128 valence electrons. The normalized spacial score (nSPS) is 16.0. The molecule has 24 heavy (non-hydrogen) atoms. The Hall–Kier alpha value is -1.40. The van der Waals surface area contributed by atoms with Crippen LogP contribution in [0.4, 0.5) is 5.13 Å². The minimum absolute atomic E-state index is 0.0967. The van der Waals surface area contributed by atoms with Gasteiger partial charge in [-0.3, -0.25) is 4.79 Å². The summed E-state index contributed by atoms with van der Waals surface area (Å²) < 4.78 is 0.838. The molecule has 3 rings (SSSR count). The third-order valence-electron chi connectivity index (χ3n) is 3.99. The van der Waals surface area contributed by atoms with Gasteiger partial charge in [0.1, 0.15) is 0 Å². The van der Waals surface area contributed by atoms with E-state index in [0.717, 1.165) is 15.0 Å². The Bertz CT molecular complexity index is 715. The first-order chi connectivity index (χ1) is 11.3. The van der Waals surface area contributed by atoms with Crippen LogP contribution in [-0.4, -0.2) is 27.3 Å². The van der Waals surface area contributed by atoms with Gasteiger partial charge in [0.2, 0.25) is 5.13 Å². The zero-order chi connectivity index (χ0) is 17.3. The number of nitrogens with zero attached hydrogens (tertiary/aromatic N) is 2. The summed E-state index contributed by atoms with van der Waals surface area (Å²) >= 11 is 3.01. The third-order valence-corrected chi connectivity index (χ3v) is 6.03. The molecule has 4 nitrogen and oxygen atoms in total. The van der Waals surface area contributed by atoms with Gasteiger partial charge < -0.3 is 5.32 Å². The average Bonchev–Trinajstić information content (AvgIpc) is 3.24. The summed E-state index contributed by atoms with van der Waals surface area (Å²) in [5, 5.41) is 12.3. The van der Waals surface area contributed by atoms with Crippen molar-refractivity contribution in [1.29, 1.82) is 0 Å². The average molecular weight is 362 g/mol. The van der Waals surface area contributed by atoms with Gasteiger partial charge in [0, 0.05) is 11.6 Å². The number of carbonyl (C=O) groups is 1. The number of benzene rings is 1. The van der Waals surface area contributed by atoms with Crippen LogP contribution in [0.1, 0.15) is 56.5 Å². The highest BCUT2D eigenvalue weighted by Gasteiger charge is 2.24. The Labute approximate surface area is 151 Å². The molecular weight excluding hydrogens is 338 g/mol. The van der Waals surface area contributed by atoms with E-state index >= 15 is 0 Å². The molecule has 2 aromatic rings. The number of carbonyl (C=O) groups excluding carboxylic acids is 1. The van der Waals surface area contributed by atoms with Crippen molar-refractivity contribution >= 4 is 34.0 Å². The quantitative estimate of drug-likeness (QED) is 0.593. The number of ketones is 1. The van der Waals surface area contributed by atoms with Crippen LogP contribution in [0.5, 0.6) is 0 Å². The first-order valence-electron chi connectivity index (χ1n) is 8.24. The Morgan fingerprint density at radius 1 is 1.25 bits per heavy atom. The van der Waals surface area contributed by atoms with E-state index in [9.17, 15) is 4.79 Å². The molecule has 0 unspecified atom stereocenters. The molecule has 1 aliphatic rings. The lowest BCUT2D eigenvalue weighted by molar-refractivity contribution is 0.0994. The lowest BCUT2D eigenvalue weighted by Gasteiger charge is -2.19. The Morgan fingerprint density at radius 2 is 1.92 bits per heavy atom.